The molecule has 2 unspecified atom stereocenters. The van der Waals surface area contributed by atoms with E-state index >= 15 is 0 Å². The molecule has 0 spiro atoms. The van der Waals surface area contributed by atoms with E-state index in [1.54, 1.807) is 9.58 Å². The average Bonchev–Trinajstić information content (AvgIpc) is 2.99. The summed E-state index contributed by atoms with van der Waals surface area (Å²) >= 11 is 0. The maximum absolute atomic E-state index is 12.7. The normalized spacial score (nSPS) is 22.6. The van der Waals surface area contributed by atoms with Crippen LogP contribution in [-0.4, -0.2) is 44.9 Å². The lowest BCUT2D eigenvalue weighted by molar-refractivity contribution is 0.0643. The Morgan fingerprint density at radius 3 is 2.95 bits per heavy atom. The quantitative estimate of drug-likeness (QED) is 0.900. The van der Waals surface area contributed by atoms with Gasteiger partial charge in [-0.3, -0.25) is 9.48 Å². The fraction of sp³-hybridized carbons (Fsp3) is 0.467. The van der Waals surface area contributed by atoms with Crippen molar-refractivity contribution in [2.75, 3.05) is 13.2 Å². The number of hydrogen-bond donors (Lipinski definition) is 1. The maximum Gasteiger partial charge on any atom is 0.275 e. The monoisotopic (exact) mass is 273 g/mol. The van der Waals surface area contributed by atoms with Crippen molar-refractivity contribution < 1.29 is 9.90 Å². The first kappa shape index (κ1) is 13.1. The summed E-state index contributed by atoms with van der Waals surface area (Å²) in [6.45, 7) is 2.78. The van der Waals surface area contributed by atoms with Crippen LogP contribution >= 0.6 is 0 Å². The van der Waals surface area contributed by atoms with E-state index in [0.717, 1.165) is 17.3 Å². The van der Waals surface area contributed by atoms with Crippen LogP contribution in [0.4, 0.5) is 0 Å². The van der Waals surface area contributed by atoms with E-state index < -0.39 is 0 Å². The number of carbonyl (C=O) groups excluding carboxylic acids is 1. The molecular formula is C15H19N3O2. The lowest BCUT2D eigenvalue weighted by Gasteiger charge is -2.24. The first-order chi connectivity index (χ1) is 9.63. The van der Waals surface area contributed by atoms with Crippen LogP contribution < -0.4 is 0 Å². The minimum Gasteiger partial charge on any atom is -0.394 e. The molecule has 0 radical (unpaired) electrons. The Hall–Kier alpha value is -1.88. The molecule has 1 fully saturated rings. The molecule has 1 aliphatic rings. The lowest BCUT2D eigenvalue weighted by atomic mass is 10.0. The zero-order valence-electron chi connectivity index (χ0n) is 11.8. The zero-order valence-corrected chi connectivity index (χ0v) is 11.8. The number of carbonyl (C=O) groups is 1. The molecule has 2 heterocycles. The SMILES string of the molecule is CC1CCN(C(=O)c2nn(C)c3ccccc23)C1CO. The van der Waals surface area contributed by atoms with Gasteiger partial charge in [-0.25, -0.2) is 0 Å². The van der Waals surface area contributed by atoms with E-state index in [9.17, 15) is 9.90 Å². The average molecular weight is 273 g/mol. The number of benzene rings is 1. The van der Waals surface area contributed by atoms with Gasteiger partial charge >= 0.3 is 0 Å². The predicted molar refractivity (Wildman–Crippen MR) is 76.4 cm³/mol. The highest BCUT2D eigenvalue weighted by atomic mass is 16.3. The van der Waals surface area contributed by atoms with Gasteiger partial charge in [-0.1, -0.05) is 25.1 Å². The van der Waals surface area contributed by atoms with E-state index in [2.05, 4.69) is 12.0 Å². The van der Waals surface area contributed by atoms with Gasteiger partial charge in [-0.2, -0.15) is 5.10 Å². The van der Waals surface area contributed by atoms with Crippen LogP contribution in [0.15, 0.2) is 24.3 Å². The number of aryl methyl sites for hydroxylation is 1. The van der Waals surface area contributed by atoms with Crippen LogP contribution in [0.25, 0.3) is 10.9 Å². The highest BCUT2D eigenvalue weighted by Crippen LogP contribution is 2.27. The smallest absolute Gasteiger partial charge is 0.275 e. The van der Waals surface area contributed by atoms with Crippen molar-refractivity contribution in [1.82, 2.24) is 14.7 Å². The number of likely N-dealkylation sites (tertiary alicyclic amines) is 1. The number of amides is 1. The number of hydrogen-bond acceptors (Lipinski definition) is 3. The van der Waals surface area contributed by atoms with Crippen molar-refractivity contribution in [3.63, 3.8) is 0 Å². The maximum atomic E-state index is 12.7. The molecule has 3 rings (SSSR count). The molecule has 0 saturated carbocycles. The number of para-hydroxylation sites is 1. The third-order valence-corrected chi connectivity index (χ3v) is 4.29. The minimum atomic E-state index is -0.0942. The Labute approximate surface area is 117 Å². The van der Waals surface area contributed by atoms with Crippen LogP contribution in [0.2, 0.25) is 0 Å². The number of fused-ring (bicyclic) bond motifs is 1. The second-order valence-corrected chi connectivity index (χ2v) is 5.50. The van der Waals surface area contributed by atoms with Gasteiger partial charge in [0.25, 0.3) is 5.91 Å². The summed E-state index contributed by atoms with van der Waals surface area (Å²) in [7, 11) is 1.84. The minimum absolute atomic E-state index is 0.0116. The van der Waals surface area contributed by atoms with E-state index in [-0.39, 0.29) is 18.6 Å². The van der Waals surface area contributed by atoms with Gasteiger partial charge in [-0.15, -0.1) is 0 Å². The molecule has 1 aromatic heterocycles. The van der Waals surface area contributed by atoms with Crippen molar-refractivity contribution >= 4 is 16.8 Å². The predicted octanol–water partition coefficient (Wildman–Crippen LogP) is 1.42. The van der Waals surface area contributed by atoms with Crippen molar-refractivity contribution in [2.45, 2.75) is 19.4 Å². The lowest BCUT2D eigenvalue weighted by Crippen LogP contribution is -2.40. The molecule has 1 amide bonds. The molecule has 106 valence electrons. The van der Waals surface area contributed by atoms with Crippen molar-refractivity contribution in [3.05, 3.63) is 30.0 Å². The Morgan fingerprint density at radius 2 is 2.20 bits per heavy atom. The van der Waals surface area contributed by atoms with Crippen molar-refractivity contribution in [3.8, 4) is 0 Å². The van der Waals surface area contributed by atoms with Crippen LogP contribution in [-0.2, 0) is 7.05 Å². The van der Waals surface area contributed by atoms with E-state index in [1.807, 2.05) is 31.3 Å². The Morgan fingerprint density at radius 1 is 1.45 bits per heavy atom. The highest BCUT2D eigenvalue weighted by Gasteiger charge is 2.35. The molecule has 1 aromatic carbocycles. The van der Waals surface area contributed by atoms with E-state index in [0.29, 0.717) is 18.2 Å². The van der Waals surface area contributed by atoms with Gasteiger partial charge in [0.1, 0.15) is 0 Å². The number of nitrogens with zero attached hydrogens (tertiary/aromatic N) is 3. The molecular weight excluding hydrogens is 254 g/mol. The van der Waals surface area contributed by atoms with Gasteiger partial charge in [0.15, 0.2) is 5.69 Å². The summed E-state index contributed by atoms with van der Waals surface area (Å²) in [5.74, 6) is 0.254. The van der Waals surface area contributed by atoms with Crippen molar-refractivity contribution in [1.29, 1.82) is 0 Å². The number of aliphatic hydroxyl groups is 1. The first-order valence-electron chi connectivity index (χ1n) is 6.97. The van der Waals surface area contributed by atoms with Crippen LogP contribution in [0.1, 0.15) is 23.8 Å². The molecule has 2 atom stereocenters. The van der Waals surface area contributed by atoms with Gasteiger partial charge in [0.2, 0.25) is 0 Å². The van der Waals surface area contributed by atoms with Crippen LogP contribution in [0.3, 0.4) is 0 Å². The Kier molecular flexibility index (Phi) is 3.22. The van der Waals surface area contributed by atoms with E-state index in [1.165, 1.54) is 0 Å². The molecule has 1 N–H and O–H groups in total. The summed E-state index contributed by atoms with van der Waals surface area (Å²) in [6.07, 6.45) is 0.932. The van der Waals surface area contributed by atoms with E-state index in [4.69, 9.17) is 0 Å². The number of aliphatic hydroxyl groups excluding tert-OH is 1. The van der Waals surface area contributed by atoms with Crippen LogP contribution in [0, 0.1) is 5.92 Å². The Balaban J connectivity index is 2.01. The van der Waals surface area contributed by atoms with Gasteiger partial charge < -0.3 is 10.0 Å². The fourth-order valence-corrected chi connectivity index (χ4v) is 3.05. The molecule has 2 aromatic rings. The second kappa shape index (κ2) is 4.90. The fourth-order valence-electron chi connectivity index (χ4n) is 3.05. The van der Waals surface area contributed by atoms with Gasteiger partial charge in [0.05, 0.1) is 18.2 Å². The number of aromatic nitrogens is 2. The van der Waals surface area contributed by atoms with Gasteiger partial charge in [-0.05, 0) is 18.4 Å². The molecule has 20 heavy (non-hydrogen) atoms. The third kappa shape index (κ3) is 1.89. The van der Waals surface area contributed by atoms with Crippen molar-refractivity contribution in [2.24, 2.45) is 13.0 Å². The van der Waals surface area contributed by atoms with Crippen LogP contribution in [0.5, 0.6) is 0 Å². The highest BCUT2D eigenvalue weighted by molar-refractivity contribution is 6.05. The largest absolute Gasteiger partial charge is 0.394 e. The number of rotatable bonds is 2. The standard InChI is InChI=1S/C15H19N3O2/c1-10-7-8-18(13(10)9-19)15(20)14-11-5-3-4-6-12(11)17(2)16-14/h3-6,10,13,19H,7-9H2,1-2H3. The second-order valence-electron chi connectivity index (χ2n) is 5.50. The summed E-state index contributed by atoms with van der Waals surface area (Å²) in [4.78, 5) is 14.5. The molecule has 0 aliphatic carbocycles. The first-order valence-corrected chi connectivity index (χ1v) is 6.97. The molecule has 1 saturated heterocycles. The summed E-state index contributed by atoms with van der Waals surface area (Å²) in [6, 6.07) is 7.63. The third-order valence-electron chi connectivity index (χ3n) is 4.29. The molecule has 1 aliphatic heterocycles. The molecule has 5 heteroatoms. The molecule has 5 nitrogen and oxygen atoms in total. The Bertz CT molecular complexity index is 650. The molecule has 0 bridgehead atoms. The topological polar surface area (TPSA) is 58.4 Å². The summed E-state index contributed by atoms with van der Waals surface area (Å²) < 4.78 is 1.73. The summed E-state index contributed by atoms with van der Waals surface area (Å²) in [5, 5.41) is 14.7. The van der Waals surface area contributed by atoms with Gasteiger partial charge in [0, 0.05) is 19.0 Å². The zero-order chi connectivity index (χ0) is 14.3. The summed E-state index contributed by atoms with van der Waals surface area (Å²) in [5.41, 5.74) is 1.43.